The van der Waals surface area contributed by atoms with Gasteiger partial charge in [0.2, 0.25) is 0 Å². The topological polar surface area (TPSA) is 46.2 Å². The molecule has 3 N–H and O–H groups in total. The van der Waals surface area contributed by atoms with Crippen LogP contribution in [0, 0.1) is 17.6 Å². The van der Waals surface area contributed by atoms with Crippen LogP contribution in [0.3, 0.4) is 0 Å². The second kappa shape index (κ2) is 3.87. The number of aliphatic hydroxyl groups excluding tert-OH is 1. The number of nitrogens with two attached hydrogens (primary N) is 1. The van der Waals surface area contributed by atoms with E-state index in [1.54, 1.807) is 0 Å². The lowest BCUT2D eigenvalue weighted by molar-refractivity contribution is 0.121. The molecule has 0 unspecified atom stereocenters. The third-order valence-electron chi connectivity index (χ3n) is 2.79. The van der Waals surface area contributed by atoms with Crippen LogP contribution in [0.5, 0.6) is 0 Å². The molecule has 0 bridgehead atoms. The zero-order chi connectivity index (χ0) is 11.0. The summed E-state index contributed by atoms with van der Waals surface area (Å²) in [6.07, 6.45) is 1.12. The van der Waals surface area contributed by atoms with E-state index in [4.69, 9.17) is 5.73 Å². The lowest BCUT2D eigenvalue weighted by Crippen LogP contribution is -2.28. The number of hydrogen-bond acceptors (Lipinski definition) is 2. The molecule has 1 aromatic rings. The molecule has 2 nitrogen and oxygen atoms in total. The first-order chi connectivity index (χ1) is 7.09. The van der Waals surface area contributed by atoms with Crippen LogP contribution in [0.2, 0.25) is 0 Å². The number of benzene rings is 1. The smallest absolute Gasteiger partial charge is 0.130 e. The second-order valence-corrected chi connectivity index (χ2v) is 4.02. The Morgan fingerprint density at radius 1 is 1.33 bits per heavy atom. The first-order valence-electron chi connectivity index (χ1n) is 4.98. The van der Waals surface area contributed by atoms with Crippen molar-refractivity contribution >= 4 is 0 Å². The number of halogens is 2. The van der Waals surface area contributed by atoms with Gasteiger partial charge in [-0.15, -0.1) is 0 Å². The maximum atomic E-state index is 13.3. The lowest BCUT2D eigenvalue weighted by Gasteiger charge is -2.19. The molecule has 1 aliphatic carbocycles. The molecule has 1 fully saturated rings. The van der Waals surface area contributed by atoms with E-state index in [9.17, 15) is 13.9 Å². The quantitative estimate of drug-likeness (QED) is 0.803. The summed E-state index contributed by atoms with van der Waals surface area (Å²) in [4.78, 5) is 0. The van der Waals surface area contributed by atoms with Crippen molar-refractivity contribution in [1.29, 1.82) is 0 Å². The minimum Gasteiger partial charge on any atom is -0.391 e. The van der Waals surface area contributed by atoms with Gasteiger partial charge in [-0.2, -0.15) is 0 Å². The Morgan fingerprint density at radius 3 is 2.53 bits per heavy atom. The average Bonchev–Trinajstić information content (AvgIpc) is 2.99. The van der Waals surface area contributed by atoms with Crippen LogP contribution in [0.25, 0.3) is 0 Å². The second-order valence-electron chi connectivity index (χ2n) is 4.02. The Morgan fingerprint density at radius 2 is 2.00 bits per heavy atom. The highest BCUT2D eigenvalue weighted by Gasteiger charge is 2.35. The fourth-order valence-electron chi connectivity index (χ4n) is 1.69. The summed E-state index contributed by atoms with van der Waals surface area (Å²) in [7, 11) is 0. The van der Waals surface area contributed by atoms with Crippen molar-refractivity contribution < 1.29 is 13.9 Å². The van der Waals surface area contributed by atoms with E-state index in [2.05, 4.69) is 0 Å². The molecule has 0 spiro atoms. The molecule has 0 aliphatic heterocycles. The Balaban J connectivity index is 2.20. The highest BCUT2D eigenvalue weighted by molar-refractivity contribution is 5.23. The molecule has 0 aromatic heterocycles. The van der Waals surface area contributed by atoms with E-state index >= 15 is 0 Å². The molecule has 15 heavy (non-hydrogen) atoms. The van der Waals surface area contributed by atoms with E-state index in [-0.39, 0.29) is 11.5 Å². The lowest BCUT2D eigenvalue weighted by atomic mass is 9.98. The largest absolute Gasteiger partial charge is 0.391 e. The highest BCUT2D eigenvalue weighted by atomic mass is 19.1. The molecular formula is C11H13F2NO. The number of rotatable bonds is 3. The van der Waals surface area contributed by atoms with Crippen LogP contribution in [-0.4, -0.2) is 11.2 Å². The van der Waals surface area contributed by atoms with E-state index in [0.717, 1.165) is 25.0 Å². The standard InChI is InChI=1S/C11H13F2NO/c12-7-3-4-8(9(13)5-7)10(14)11(15)6-1-2-6/h3-6,10-11,15H,1-2,14H2/t10-,11+/m1/s1. The van der Waals surface area contributed by atoms with Crippen molar-refractivity contribution in [2.75, 3.05) is 0 Å². The van der Waals surface area contributed by atoms with Crippen LogP contribution in [0.4, 0.5) is 8.78 Å². The molecule has 1 aliphatic rings. The van der Waals surface area contributed by atoms with Crippen molar-refractivity contribution in [2.24, 2.45) is 11.7 Å². The number of aliphatic hydroxyl groups is 1. The average molecular weight is 213 g/mol. The summed E-state index contributed by atoms with van der Waals surface area (Å²) in [5.41, 5.74) is 5.89. The zero-order valence-corrected chi connectivity index (χ0v) is 8.16. The van der Waals surface area contributed by atoms with Crippen molar-refractivity contribution in [1.82, 2.24) is 0 Å². The van der Waals surface area contributed by atoms with Crippen molar-refractivity contribution in [2.45, 2.75) is 25.0 Å². The van der Waals surface area contributed by atoms with Crippen LogP contribution < -0.4 is 5.73 Å². The van der Waals surface area contributed by atoms with Crippen LogP contribution in [0.1, 0.15) is 24.4 Å². The van der Waals surface area contributed by atoms with Gasteiger partial charge in [0.05, 0.1) is 12.1 Å². The minimum absolute atomic E-state index is 0.171. The van der Waals surface area contributed by atoms with Crippen LogP contribution in [0.15, 0.2) is 18.2 Å². The Bertz CT molecular complexity index is 366. The molecule has 82 valence electrons. The maximum absolute atomic E-state index is 13.3. The van der Waals surface area contributed by atoms with E-state index in [1.165, 1.54) is 6.07 Å². The minimum atomic E-state index is -0.766. The first-order valence-corrected chi connectivity index (χ1v) is 4.98. The molecule has 0 saturated heterocycles. The fourth-order valence-corrected chi connectivity index (χ4v) is 1.69. The number of hydrogen-bond donors (Lipinski definition) is 2. The molecule has 2 atom stereocenters. The van der Waals surface area contributed by atoms with Gasteiger partial charge in [0.15, 0.2) is 0 Å². The Labute approximate surface area is 86.7 Å². The molecule has 0 amide bonds. The van der Waals surface area contributed by atoms with Gasteiger partial charge in [0.1, 0.15) is 11.6 Å². The van der Waals surface area contributed by atoms with Gasteiger partial charge in [-0.1, -0.05) is 6.07 Å². The van der Waals surface area contributed by atoms with Crippen molar-refractivity contribution in [3.05, 3.63) is 35.4 Å². The van der Waals surface area contributed by atoms with Crippen molar-refractivity contribution in [3.8, 4) is 0 Å². The summed E-state index contributed by atoms with van der Waals surface area (Å²) in [6.45, 7) is 0. The molecule has 0 heterocycles. The maximum Gasteiger partial charge on any atom is 0.130 e. The van der Waals surface area contributed by atoms with Crippen molar-refractivity contribution in [3.63, 3.8) is 0 Å². The SMILES string of the molecule is N[C@H](c1ccc(F)cc1F)[C@@H](O)C1CC1. The Kier molecular flexibility index (Phi) is 2.71. The van der Waals surface area contributed by atoms with E-state index in [0.29, 0.717) is 0 Å². The predicted molar refractivity (Wildman–Crippen MR) is 52.0 cm³/mol. The van der Waals surface area contributed by atoms with Gasteiger partial charge >= 0.3 is 0 Å². The summed E-state index contributed by atoms with van der Waals surface area (Å²) < 4.78 is 26.0. The van der Waals surface area contributed by atoms with Crippen LogP contribution in [-0.2, 0) is 0 Å². The first kappa shape index (κ1) is 10.5. The molecule has 0 radical (unpaired) electrons. The Hall–Kier alpha value is -1.00. The normalized spacial score (nSPS) is 20.0. The van der Waals surface area contributed by atoms with E-state index in [1.807, 2.05) is 0 Å². The fraction of sp³-hybridized carbons (Fsp3) is 0.455. The van der Waals surface area contributed by atoms with Gasteiger partial charge in [-0.3, -0.25) is 0 Å². The van der Waals surface area contributed by atoms with Gasteiger partial charge in [0.25, 0.3) is 0 Å². The summed E-state index contributed by atoms with van der Waals surface area (Å²) in [5, 5.41) is 9.72. The zero-order valence-electron chi connectivity index (χ0n) is 8.16. The third-order valence-corrected chi connectivity index (χ3v) is 2.79. The van der Waals surface area contributed by atoms with Gasteiger partial charge in [0, 0.05) is 11.6 Å². The van der Waals surface area contributed by atoms with Gasteiger partial charge in [-0.05, 0) is 24.8 Å². The molecular weight excluding hydrogens is 200 g/mol. The summed E-state index contributed by atoms with van der Waals surface area (Å²) in [6, 6.07) is 2.46. The van der Waals surface area contributed by atoms with Gasteiger partial charge < -0.3 is 10.8 Å². The predicted octanol–water partition coefficient (Wildman–Crippen LogP) is 1.74. The van der Waals surface area contributed by atoms with Crippen LogP contribution >= 0.6 is 0 Å². The highest BCUT2D eigenvalue weighted by Crippen LogP contribution is 2.37. The molecule has 2 rings (SSSR count). The summed E-state index contributed by atoms with van der Waals surface area (Å²) >= 11 is 0. The molecule has 1 aromatic carbocycles. The van der Waals surface area contributed by atoms with E-state index < -0.39 is 23.8 Å². The third kappa shape index (κ3) is 2.16. The molecule has 1 saturated carbocycles. The summed E-state index contributed by atoms with van der Waals surface area (Å²) in [5.74, 6) is -1.16. The molecule has 4 heteroatoms. The monoisotopic (exact) mass is 213 g/mol. The van der Waals surface area contributed by atoms with Gasteiger partial charge in [-0.25, -0.2) is 8.78 Å².